The van der Waals surface area contributed by atoms with Gasteiger partial charge in [-0.1, -0.05) is 48.2 Å². The van der Waals surface area contributed by atoms with Crippen molar-refractivity contribution in [1.82, 2.24) is 4.57 Å². The standard InChI is InChI=1S/C23H19NO4S/c1-15-11-20-19(22(25)24(15)14-16-7-4-3-5-8-16)13-21(23(26)28-20)29-18-10-6-9-17(12-18)27-2/h3-13H,14H2,1-2H3. The van der Waals surface area contributed by atoms with Gasteiger partial charge in [-0.15, -0.1) is 0 Å². The van der Waals surface area contributed by atoms with Gasteiger partial charge in [0.2, 0.25) is 0 Å². The molecule has 6 heteroatoms. The molecule has 0 aliphatic heterocycles. The van der Waals surface area contributed by atoms with Gasteiger partial charge in [-0.3, -0.25) is 4.79 Å². The molecule has 0 aliphatic rings. The van der Waals surface area contributed by atoms with E-state index in [4.69, 9.17) is 9.15 Å². The van der Waals surface area contributed by atoms with Gasteiger partial charge in [0.1, 0.15) is 11.3 Å². The van der Waals surface area contributed by atoms with Gasteiger partial charge in [0.25, 0.3) is 5.56 Å². The number of benzene rings is 2. The Balaban J connectivity index is 1.79. The fourth-order valence-corrected chi connectivity index (χ4v) is 4.02. The zero-order chi connectivity index (χ0) is 20.4. The number of pyridine rings is 1. The van der Waals surface area contributed by atoms with E-state index in [9.17, 15) is 9.59 Å². The average molecular weight is 405 g/mol. The van der Waals surface area contributed by atoms with E-state index >= 15 is 0 Å². The second-order valence-corrected chi connectivity index (χ2v) is 7.74. The molecule has 0 saturated heterocycles. The maximum absolute atomic E-state index is 13.1. The summed E-state index contributed by atoms with van der Waals surface area (Å²) in [6, 6.07) is 20.5. The summed E-state index contributed by atoms with van der Waals surface area (Å²) in [4.78, 5) is 26.8. The van der Waals surface area contributed by atoms with Crippen LogP contribution in [0.2, 0.25) is 0 Å². The molecule has 4 aromatic rings. The van der Waals surface area contributed by atoms with Crippen molar-refractivity contribution in [3.8, 4) is 5.75 Å². The number of aryl methyl sites for hydroxylation is 1. The molecular weight excluding hydrogens is 386 g/mol. The summed E-state index contributed by atoms with van der Waals surface area (Å²) in [5.74, 6) is 0.695. The number of hydrogen-bond acceptors (Lipinski definition) is 5. The minimum atomic E-state index is -0.468. The minimum Gasteiger partial charge on any atom is -0.497 e. The molecule has 0 saturated carbocycles. The van der Waals surface area contributed by atoms with Crippen molar-refractivity contribution in [1.29, 1.82) is 0 Å². The summed E-state index contributed by atoms with van der Waals surface area (Å²) < 4.78 is 12.4. The molecule has 29 heavy (non-hydrogen) atoms. The molecule has 0 N–H and O–H groups in total. The second kappa shape index (κ2) is 8.01. The Morgan fingerprint density at radius 1 is 1.00 bits per heavy atom. The molecule has 0 radical (unpaired) electrons. The molecule has 0 unspecified atom stereocenters. The number of fused-ring (bicyclic) bond motifs is 1. The average Bonchev–Trinajstić information content (AvgIpc) is 2.73. The van der Waals surface area contributed by atoms with Crippen LogP contribution in [-0.4, -0.2) is 11.7 Å². The van der Waals surface area contributed by atoms with Crippen molar-refractivity contribution < 1.29 is 9.15 Å². The Bertz CT molecular complexity index is 1290. The van der Waals surface area contributed by atoms with Gasteiger partial charge in [-0.05, 0) is 36.8 Å². The molecule has 0 bridgehead atoms. The van der Waals surface area contributed by atoms with Crippen molar-refractivity contribution in [2.45, 2.75) is 23.3 Å². The van der Waals surface area contributed by atoms with E-state index in [1.165, 1.54) is 11.8 Å². The third kappa shape index (κ3) is 3.98. The fourth-order valence-electron chi connectivity index (χ4n) is 3.14. The SMILES string of the molecule is COc1cccc(Sc2cc3c(=O)n(Cc4ccccc4)c(C)cc3oc2=O)c1. The molecule has 0 atom stereocenters. The first kappa shape index (κ1) is 19.1. The van der Waals surface area contributed by atoms with Crippen LogP contribution in [0.4, 0.5) is 0 Å². The summed E-state index contributed by atoms with van der Waals surface area (Å²) in [7, 11) is 1.59. The van der Waals surface area contributed by atoms with Gasteiger partial charge < -0.3 is 13.7 Å². The van der Waals surface area contributed by atoms with Crippen LogP contribution in [0.5, 0.6) is 5.75 Å². The first-order chi connectivity index (χ1) is 14.0. The quantitative estimate of drug-likeness (QED) is 0.490. The van der Waals surface area contributed by atoms with E-state index in [1.807, 2.05) is 61.5 Å². The first-order valence-corrected chi connectivity index (χ1v) is 9.91. The fraction of sp³-hybridized carbons (Fsp3) is 0.130. The van der Waals surface area contributed by atoms with Gasteiger partial charge in [-0.2, -0.15) is 0 Å². The van der Waals surface area contributed by atoms with Crippen molar-refractivity contribution in [3.63, 3.8) is 0 Å². The monoisotopic (exact) mass is 405 g/mol. The maximum Gasteiger partial charge on any atom is 0.350 e. The number of nitrogens with zero attached hydrogens (tertiary/aromatic N) is 1. The Kier molecular flexibility index (Phi) is 5.27. The van der Waals surface area contributed by atoms with Gasteiger partial charge in [0.05, 0.1) is 23.9 Å². The molecule has 2 aromatic carbocycles. The molecule has 5 nitrogen and oxygen atoms in total. The van der Waals surface area contributed by atoms with Crippen LogP contribution in [0.25, 0.3) is 11.0 Å². The van der Waals surface area contributed by atoms with Gasteiger partial charge in [-0.25, -0.2) is 4.79 Å². The lowest BCUT2D eigenvalue weighted by Crippen LogP contribution is -2.23. The number of hydrogen-bond donors (Lipinski definition) is 0. The van der Waals surface area contributed by atoms with Gasteiger partial charge in [0.15, 0.2) is 0 Å². The summed E-state index contributed by atoms with van der Waals surface area (Å²) in [6.07, 6.45) is 0. The molecule has 0 spiro atoms. The lowest BCUT2D eigenvalue weighted by atomic mass is 10.2. The maximum atomic E-state index is 13.1. The number of ether oxygens (including phenoxy) is 1. The number of methoxy groups -OCH3 is 1. The van der Waals surface area contributed by atoms with Gasteiger partial charge in [0, 0.05) is 16.7 Å². The lowest BCUT2D eigenvalue weighted by molar-refractivity contribution is 0.413. The summed E-state index contributed by atoms with van der Waals surface area (Å²) in [5, 5.41) is 0.386. The molecule has 0 fully saturated rings. The van der Waals surface area contributed by atoms with Crippen LogP contribution in [0.1, 0.15) is 11.3 Å². The van der Waals surface area contributed by atoms with Crippen molar-refractivity contribution in [2.24, 2.45) is 0 Å². The molecule has 2 aromatic heterocycles. The van der Waals surface area contributed by atoms with E-state index < -0.39 is 5.63 Å². The van der Waals surface area contributed by atoms with Crippen molar-refractivity contribution in [3.05, 3.63) is 98.8 Å². The van der Waals surface area contributed by atoms with Crippen molar-refractivity contribution in [2.75, 3.05) is 7.11 Å². The Labute approximate surface area is 171 Å². The van der Waals surface area contributed by atoms with Crippen LogP contribution in [0.15, 0.2) is 90.5 Å². The predicted octanol–water partition coefficient (Wildman–Crippen LogP) is 4.47. The Morgan fingerprint density at radius 2 is 1.79 bits per heavy atom. The topological polar surface area (TPSA) is 61.4 Å². The van der Waals surface area contributed by atoms with E-state index in [-0.39, 0.29) is 5.56 Å². The zero-order valence-corrected chi connectivity index (χ0v) is 16.9. The Morgan fingerprint density at radius 3 is 2.55 bits per heavy atom. The third-order valence-corrected chi connectivity index (χ3v) is 5.63. The van der Waals surface area contributed by atoms with Crippen LogP contribution in [0, 0.1) is 6.92 Å². The Hall–Kier alpha value is -3.25. The van der Waals surface area contributed by atoms with Crippen LogP contribution >= 0.6 is 11.8 Å². The highest BCUT2D eigenvalue weighted by Gasteiger charge is 2.14. The van der Waals surface area contributed by atoms with Crippen LogP contribution in [-0.2, 0) is 6.54 Å². The highest BCUT2D eigenvalue weighted by atomic mass is 32.2. The van der Waals surface area contributed by atoms with Gasteiger partial charge >= 0.3 is 5.63 Å². The normalized spacial score (nSPS) is 11.0. The van der Waals surface area contributed by atoms with Crippen LogP contribution < -0.4 is 15.9 Å². The van der Waals surface area contributed by atoms with E-state index in [1.54, 1.807) is 23.8 Å². The first-order valence-electron chi connectivity index (χ1n) is 9.09. The van der Waals surface area contributed by atoms with Crippen molar-refractivity contribution >= 4 is 22.7 Å². The largest absolute Gasteiger partial charge is 0.497 e. The summed E-state index contributed by atoms with van der Waals surface area (Å²) in [6.45, 7) is 2.29. The third-order valence-electron chi connectivity index (χ3n) is 4.64. The highest BCUT2D eigenvalue weighted by molar-refractivity contribution is 7.99. The molecule has 0 aliphatic carbocycles. The lowest BCUT2D eigenvalue weighted by Gasteiger charge is -2.12. The smallest absolute Gasteiger partial charge is 0.350 e. The minimum absolute atomic E-state index is 0.180. The van der Waals surface area contributed by atoms with Crippen LogP contribution in [0.3, 0.4) is 0 Å². The summed E-state index contributed by atoms with van der Waals surface area (Å²) >= 11 is 1.25. The van der Waals surface area contributed by atoms with E-state index in [0.29, 0.717) is 28.2 Å². The molecule has 2 heterocycles. The molecular formula is C23H19NO4S. The highest BCUT2D eigenvalue weighted by Crippen LogP contribution is 2.29. The number of aromatic nitrogens is 1. The molecule has 146 valence electrons. The van der Waals surface area contributed by atoms with E-state index in [0.717, 1.165) is 16.2 Å². The zero-order valence-electron chi connectivity index (χ0n) is 16.0. The molecule has 4 rings (SSSR count). The number of rotatable bonds is 5. The summed E-state index contributed by atoms with van der Waals surface area (Å²) in [5.41, 5.74) is 1.42. The molecule has 0 amide bonds. The predicted molar refractivity (Wildman–Crippen MR) is 114 cm³/mol. The van der Waals surface area contributed by atoms with E-state index in [2.05, 4.69) is 0 Å². The second-order valence-electron chi connectivity index (χ2n) is 6.62.